The number of carbonyl (C=O) groups excluding carboxylic acids is 1. The monoisotopic (exact) mass is 231 g/mol. The summed E-state index contributed by atoms with van der Waals surface area (Å²) < 4.78 is 0. The summed E-state index contributed by atoms with van der Waals surface area (Å²) in [7, 11) is 0. The quantitative estimate of drug-likeness (QED) is 0.257. The average molecular weight is 231 g/mol. The van der Waals surface area contributed by atoms with Gasteiger partial charge in [-0.15, -0.1) is 11.3 Å². The van der Waals surface area contributed by atoms with E-state index in [9.17, 15) is 9.59 Å². The first-order chi connectivity index (χ1) is 7.04. The molecular weight excluding hydrogens is 222 g/mol. The largest absolute Gasteiger partial charge is 0.479 e. The summed E-state index contributed by atoms with van der Waals surface area (Å²) >= 11 is 1.09. The summed E-state index contributed by atoms with van der Waals surface area (Å²) in [4.78, 5) is 25.4. The second-order valence-corrected chi connectivity index (χ2v) is 3.39. The molecule has 15 heavy (non-hydrogen) atoms. The van der Waals surface area contributed by atoms with Crippen LogP contribution in [0.2, 0.25) is 0 Å². The lowest BCUT2D eigenvalue weighted by Crippen LogP contribution is -2.44. The molecule has 0 aliphatic carbocycles. The molecular formula is C6H9N5O3S. The number of urea groups is 1. The predicted molar refractivity (Wildman–Crippen MR) is 52.8 cm³/mol. The average Bonchev–Trinajstić information content (AvgIpc) is 2.60. The van der Waals surface area contributed by atoms with Gasteiger partial charge in [0.05, 0.1) is 5.69 Å². The molecule has 7 N–H and O–H groups in total. The fourth-order valence-corrected chi connectivity index (χ4v) is 1.46. The number of thiazole rings is 1. The third-order valence-corrected chi connectivity index (χ3v) is 2.18. The molecule has 0 saturated heterocycles. The molecule has 1 atom stereocenters. The number of nitrogens with zero attached hydrogens (tertiary/aromatic N) is 1. The van der Waals surface area contributed by atoms with E-state index in [1.807, 2.05) is 0 Å². The van der Waals surface area contributed by atoms with Crippen LogP contribution in [0.15, 0.2) is 5.38 Å². The van der Waals surface area contributed by atoms with Crippen LogP contribution in [-0.4, -0.2) is 22.1 Å². The van der Waals surface area contributed by atoms with Gasteiger partial charge in [-0.25, -0.2) is 20.4 Å². The fourth-order valence-electron chi connectivity index (χ4n) is 0.868. The first-order valence-electron chi connectivity index (χ1n) is 3.75. The SMILES string of the molecule is NNC(=O)NC(C(=O)O)c1csc(N)n1. The third kappa shape index (κ3) is 2.79. The van der Waals surface area contributed by atoms with Gasteiger partial charge in [0.25, 0.3) is 0 Å². The number of hydrazine groups is 1. The molecule has 0 aliphatic heterocycles. The second kappa shape index (κ2) is 4.57. The molecule has 0 fully saturated rings. The Kier molecular flexibility index (Phi) is 3.42. The Bertz CT molecular complexity index is 379. The molecule has 82 valence electrons. The van der Waals surface area contributed by atoms with E-state index in [0.29, 0.717) is 0 Å². The van der Waals surface area contributed by atoms with Gasteiger partial charge in [0.2, 0.25) is 0 Å². The normalized spacial score (nSPS) is 11.8. The van der Waals surface area contributed by atoms with Crippen LogP contribution < -0.4 is 22.3 Å². The maximum atomic E-state index is 10.8. The number of rotatable bonds is 3. The van der Waals surface area contributed by atoms with Crippen molar-refractivity contribution >= 4 is 28.5 Å². The number of hydrogen-bond acceptors (Lipinski definition) is 6. The molecule has 0 spiro atoms. The van der Waals surface area contributed by atoms with Crippen LogP contribution in [0.4, 0.5) is 9.93 Å². The van der Waals surface area contributed by atoms with Gasteiger partial charge in [-0.05, 0) is 0 Å². The molecule has 0 saturated carbocycles. The highest BCUT2D eigenvalue weighted by atomic mass is 32.1. The van der Waals surface area contributed by atoms with E-state index >= 15 is 0 Å². The van der Waals surface area contributed by atoms with E-state index in [2.05, 4.69) is 10.3 Å². The van der Waals surface area contributed by atoms with Crippen molar-refractivity contribution in [2.45, 2.75) is 6.04 Å². The van der Waals surface area contributed by atoms with Crippen LogP contribution >= 0.6 is 11.3 Å². The van der Waals surface area contributed by atoms with E-state index < -0.39 is 18.0 Å². The summed E-state index contributed by atoms with van der Waals surface area (Å²) in [6.45, 7) is 0. The highest BCUT2D eigenvalue weighted by Gasteiger charge is 2.24. The molecule has 1 aromatic heterocycles. The zero-order valence-electron chi connectivity index (χ0n) is 7.43. The summed E-state index contributed by atoms with van der Waals surface area (Å²) in [5.74, 6) is 3.56. The van der Waals surface area contributed by atoms with Gasteiger partial charge in [-0.2, -0.15) is 0 Å². The van der Waals surface area contributed by atoms with Crippen molar-refractivity contribution in [2.75, 3.05) is 5.73 Å². The maximum Gasteiger partial charge on any atom is 0.332 e. The number of nitrogens with one attached hydrogen (secondary N) is 2. The molecule has 0 radical (unpaired) electrons. The Hall–Kier alpha value is -1.87. The first kappa shape index (κ1) is 11.2. The van der Waals surface area contributed by atoms with Gasteiger partial charge in [0.1, 0.15) is 0 Å². The van der Waals surface area contributed by atoms with Gasteiger partial charge in [0.15, 0.2) is 11.2 Å². The highest BCUT2D eigenvalue weighted by molar-refractivity contribution is 7.13. The molecule has 8 nitrogen and oxygen atoms in total. The van der Waals surface area contributed by atoms with Crippen molar-refractivity contribution in [3.8, 4) is 0 Å². The Morgan fingerprint density at radius 3 is 2.67 bits per heavy atom. The van der Waals surface area contributed by atoms with Crippen molar-refractivity contribution in [2.24, 2.45) is 5.84 Å². The number of nitrogens with two attached hydrogens (primary N) is 2. The van der Waals surface area contributed by atoms with Crippen molar-refractivity contribution in [3.05, 3.63) is 11.1 Å². The number of carbonyl (C=O) groups is 2. The Labute approximate surface area is 88.3 Å². The van der Waals surface area contributed by atoms with Gasteiger partial charge >= 0.3 is 12.0 Å². The fraction of sp³-hybridized carbons (Fsp3) is 0.167. The molecule has 1 heterocycles. The number of carboxylic acid groups (broad SMARTS) is 1. The molecule has 9 heteroatoms. The topological polar surface area (TPSA) is 143 Å². The van der Waals surface area contributed by atoms with Gasteiger partial charge in [0, 0.05) is 5.38 Å². The summed E-state index contributed by atoms with van der Waals surface area (Å²) in [6.07, 6.45) is 0. The summed E-state index contributed by atoms with van der Waals surface area (Å²) in [5, 5.41) is 12.6. The molecule has 0 aromatic carbocycles. The van der Waals surface area contributed by atoms with Crippen LogP contribution in [-0.2, 0) is 4.79 Å². The van der Waals surface area contributed by atoms with Gasteiger partial charge < -0.3 is 16.2 Å². The number of carboxylic acids is 1. The molecule has 1 aromatic rings. The molecule has 1 rings (SSSR count). The summed E-state index contributed by atoms with van der Waals surface area (Å²) in [5.41, 5.74) is 7.26. The number of aliphatic carboxylic acids is 1. The van der Waals surface area contributed by atoms with Crippen LogP contribution in [0.3, 0.4) is 0 Å². The molecule has 2 amide bonds. The lowest BCUT2D eigenvalue weighted by Gasteiger charge is -2.11. The number of nitrogen functional groups attached to an aromatic ring is 1. The second-order valence-electron chi connectivity index (χ2n) is 2.50. The number of aromatic nitrogens is 1. The van der Waals surface area contributed by atoms with Crippen LogP contribution in [0.5, 0.6) is 0 Å². The van der Waals surface area contributed by atoms with E-state index in [1.165, 1.54) is 5.38 Å². The zero-order valence-corrected chi connectivity index (χ0v) is 8.25. The smallest absolute Gasteiger partial charge is 0.332 e. The summed E-state index contributed by atoms with van der Waals surface area (Å²) in [6, 6.07) is -2.07. The predicted octanol–water partition coefficient (Wildman–Crippen LogP) is -0.976. The van der Waals surface area contributed by atoms with E-state index in [1.54, 1.807) is 5.43 Å². The Balaban J connectivity index is 2.83. The first-order valence-corrected chi connectivity index (χ1v) is 4.63. The molecule has 0 bridgehead atoms. The Morgan fingerprint density at radius 2 is 2.27 bits per heavy atom. The van der Waals surface area contributed by atoms with E-state index in [-0.39, 0.29) is 10.8 Å². The van der Waals surface area contributed by atoms with E-state index in [0.717, 1.165) is 11.3 Å². The minimum atomic E-state index is -1.26. The van der Waals surface area contributed by atoms with Crippen molar-refractivity contribution in [1.82, 2.24) is 15.7 Å². The maximum absolute atomic E-state index is 10.8. The number of anilines is 1. The van der Waals surface area contributed by atoms with Gasteiger partial charge in [-0.3, -0.25) is 5.43 Å². The number of hydrogen-bond donors (Lipinski definition) is 5. The zero-order chi connectivity index (χ0) is 11.4. The lowest BCUT2D eigenvalue weighted by atomic mass is 10.2. The Morgan fingerprint density at radius 1 is 1.60 bits per heavy atom. The van der Waals surface area contributed by atoms with Crippen molar-refractivity contribution < 1.29 is 14.7 Å². The van der Waals surface area contributed by atoms with Crippen LogP contribution in [0.1, 0.15) is 11.7 Å². The lowest BCUT2D eigenvalue weighted by molar-refractivity contribution is -0.139. The van der Waals surface area contributed by atoms with Crippen LogP contribution in [0.25, 0.3) is 0 Å². The van der Waals surface area contributed by atoms with Crippen molar-refractivity contribution in [3.63, 3.8) is 0 Å². The highest BCUT2D eigenvalue weighted by Crippen LogP contribution is 2.18. The molecule has 0 aliphatic rings. The van der Waals surface area contributed by atoms with Crippen molar-refractivity contribution in [1.29, 1.82) is 0 Å². The van der Waals surface area contributed by atoms with Crippen LogP contribution in [0, 0.1) is 0 Å². The molecule has 1 unspecified atom stereocenters. The third-order valence-electron chi connectivity index (χ3n) is 1.49. The van der Waals surface area contributed by atoms with Gasteiger partial charge in [-0.1, -0.05) is 0 Å². The van der Waals surface area contributed by atoms with E-state index in [4.69, 9.17) is 16.7 Å². The minimum Gasteiger partial charge on any atom is -0.479 e. The standard InChI is InChI=1S/C6H9N5O3S/c7-5-9-2(1-15-5)3(4(12)13)10-6(14)11-8/h1,3H,8H2,(H2,7,9)(H,12,13)(H2,10,11,14). The number of amides is 2. The minimum absolute atomic E-state index is 0.161.